The molecule has 180 valence electrons. The summed E-state index contributed by atoms with van der Waals surface area (Å²) in [6, 6.07) is 20.6. The van der Waals surface area contributed by atoms with Gasteiger partial charge >= 0.3 is 32.4 Å². The fourth-order valence-corrected chi connectivity index (χ4v) is 2.11. The zero-order valence-corrected chi connectivity index (χ0v) is 25.2. The molecule has 0 saturated heterocycles. The summed E-state index contributed by atoms with van der Waals surface area (Å²) in [6.07, 6.45) is 0. The molecule has 4 N–H and O–H groups in total. The second kappa shape index (κ2) is 18.6. The van der Waals surface area contributed by atoms with Gasteiger partial charge in [0, 0.05) is 47.0 Å². The molecule has 34 heavy (non-hydrogen) atoms. The van der Waals surface area contributed by atoms with Gasteiger partial charge in [-0.2, -0.15) is 0 Å². The van der Waals surface area contributed by atoms with Gasteiger partial charge in [0.25, 0.3) is 0 Å². The van der Waals surface area contributed by atoms with Crippen molar-refractivity contribution in [3.05, 3.63) is 95.6 Å². The Kier molecular flexibility index (Phi) is 17.0. The van der Waals surface area contributed by atoms with Gasteiger partial charge in [0.1, 0.15) is 0 Å². The van der Waals surface area contributed by atoms with Crippen LogP contribution >= 0.6 is 0 Å². The standard InChI is InChI=1S/4C6H7NO.2W/c4*1-5-3-2-4-6(8)7-5;;/h4*2-4H,1H3,(H,7,8);;. The van der Waals surface area contributed by atoms with Crippen molar-refractivity contribution in [3.8, 4) is 23.5 Å². The summed E-state index contributed by atoms with van der Waals surface area (Å²) in [4.78, 5) is 14.9. The minimum absolute atomic E-state index is 0.0880. The van der Waals surface area contributed by atoms with Crippen LogP contribution in [0.5, 0.6) is 23.5 Å². The molecule has 0 amide bonds. The fourth-order valence-electron chi connectivity index (χ4n) is 2.11. The minimum atomic E-state index is 0.0880. The Balaban J connectivity index is 0.000000416. The molecule has 0 unspecified atom stereocenters. The van der Waals surface area contributed by atoms with Gasteiger partial charge in [0.2, 0.25) is 23.5 Å². The van der Waals surface area contributed by atoms with Crippen LogP contribution in [0.2, 0.25) is 0 Å². The normalized spacial score (nSPS) is 8.71. The van der Waals surface area contributed by atoms with Crippen molar-refractivity contribution >= 4 is 0 Å². The molecule has 0 aliphatic rings. The fraction of sp³-hybridized carbons (Fsp3) is 0.167. The van der Waals surface area contributed by atoms with E-state index in [1.165, 1.54) is 0 Å². The van der Waals surface area contributed by atoms with Crippen LogP contribution < -0.4 is 0 Å². The van der Waals surface area contributed by atoms with Crippen LogP contribution in [0.3, 0.4) is 0 Å². The maximum absolute atomic E-state index is 8.70. The summed E-state index contributed by atoms with van der Waals surface area (Å²) < 4.78 is 0. The molecule has 0 fully saturated rings. The van der Waals surface area contributed by atoms with Gasteiger partial charge in [-0.25, -0.2) is 19.9 Å². The van der Waals surface area contributed by atoms with Crippen molar-refractivity contribution in [1.29, 1.82) is 0 Å². The van der Waals surface area contributed by atoms with E-state index in [9.17, 15) is 0 Å². The van der Waals surface area contributed by atoms with E-state index in [0.29, 0.717) is 0 Å². The van der Waals surface area contributed by atoms with Gasteiger partial charge in [-0.3, -0.25) is 0 Å². The molecule has 8 nitrogen and oxygen atoms in total. The third kappa shape index (κ3) is 16.8. The van der Waals surface area contributed by atoms with Crippen LogP contribution in [-0.4, -0.2) is 40.4 Å². The van der Waals surface area contributed by atoms with E-state index in [1.807, 2.05) is 52.0 Å². The predicted molar refractivity (Wildman–Crippen MR) is 123 cm³/mol. The Hall–Kier alpha value is -2.82. The summed E-state index contributed by atoms with van der Waals surface area (Å²) >= 11 is 3.33. The first-order chi connectivity index (χ1) is 16.2. The number of hydrogen-bond donors (Lipinski definition) is 4. The summed E-state index contributed by atoms with van der Waals surface area (Å²) in [7, 11) is 0. The van der Waals surface area contributed by atoms with Gasteiger partial charge in [-0.05, 0) is 52.0 Å². The van der Waals surface area contributed by atoms with E-state index in [-0.39, 0.29) is 23.5 Å². The number of rotatable bonds is 0. The van der Waals surface area contributed by atoms with E-state index >= 15 is 0 Å². The van der Waals surface area contributed by atoms with Crippen LogP contribution in [0.4, 0.5) is 0 Å². The molecule has 0 radical (unpaired) electrons. The number of aromatic hydroxyl groups is 4. The summed E-state index contributed by atoms with van der Waals surface area (Å²) in [5.74, 6) is 0.352. The van der Waals surface area contributed by atoms with Crippen LogP contribution in [0, 0.1) is 27.7 Å². The third-order valence-corrected chi connectivity index (χ3v) is 3.49. The summed E-state index contributed by atoms with van der Waals surface area (Å²) in [5.41, 5.74) is 3.35. The molecule has 4 aromatic heterocycles. The molecule has 0 aliphatic heterocycles. The van der Waals surface area contributed by atoms with Crippen LogP contribution in [-0.2, 0) is 32.4 Å². The zero-order valence-electron chi connectivity index (χ0n) is 19.3. The Bertz CT molecular complexity index is 874. The van der Waals surface area contributed by atoms with Gasteiger partial charge in [0.15, 0.2) is 0 Å². The molecule has 4 rings (SSSR count). The predicted octanol–water partition coefficient (Wildman–Crippen LogP) is 4.38. The topological polar surface area (TPSA) is 132 Å². The summed E-state index contributed by atoms with van der Waals surface area (Å²) in [5, 5.41) is 34.8. The monoisotopic (exact) mass is 804 g/mol. The molecular weight excluding hydrogens is 776 g/mol. The van der Waals surface area contributed by atoms with Crippen molar-refractivity contribution in [2.45, 2.75) is 27.7 Å². The zero-order chi connectivity index (χ0) is 25.9. The molecule has 0 aliphatic carbocycles. The number of aryl methyl sites for hydroxylation is 4. The van der Waals surface area contributed by atoms with E-state index in [1.54, 1.807) is 81.0 Å². The van der Waals surface area contributed by atoms with Gasteiger partial charge in [0.05, 0.1) is 0 Å². The second-order valence-electron chi connectivity index (χ2n) is 6.55. The Morgan fingerprint density at radius 1 is 0.412 bits per heavy atom. The number of aromatic nitrogens is 4. The van der Waals surface area contributed by atoms with E-state index in [2.05, 4.69) is 19.9 Å². The molecule has 4 heterocycles. The SMILES string of the molecule is Cc1cccc(O)n1.Cc1cccc(O)n1.Cc1cccc(O)n1.Cc1cccc(O)n1.[W]=[W]. The number of nitrogens with zero attached hydrogens (tertiary/aromatic N) is 4. The molecule has 0 atom stereocenters. The molecular formula is C24H28N4O4W2. The first kappa shape index (κ1) is 31.2. The van der Waals surface area contributed by atoms with Gasteiger partial charge in [-0.1, -0.05) is 24.3 Å². The van der Waals surface area contributed by atoms with Crippen molar-refractivity contribution in [2.24, 2.45) is 0 Å². The Morgan fingerprint density at radius 2 is 0.588 bits per heavy atom. The van der Waals surface area contributed by atoms with E-state index in [0.717, 1.165) is 22.8 Å². The van der Waals surface area contributed by atoms with Gasteiger partial charge < -0.3 is 20.4 Å². The number of hydrogen-bond acceptors (Lipinski definition) is 8. The molecule has 0 bridgehead atoms. The Morgan fingerprint density at radius 3 is 0.676 bits per heavy atom. The second-order valence-corrected chi connectivity index (χ2v) is 6.55. The average Bonchev–Trinajstić information content (AvgIpc) is 2.76. The van der Waals surface area contributed by atoms with Crippen LogP contribution in [0.1, 0.15) is 22.8 Å². The molecule has 0 aromatic carbocycles. The van der Waals surface area contributed by atoms with Crippen molar-refractivity contribution in [3.63, 3.8) is 0 Å². The average molecular weight is 804 g/mol. The molecule has 0 saturated carbocycles. The quantitative estimate of drug-likeness (QED) is 0.206. The van der Waals surface area contributed by atoms with Crippen molar-refractivity contribution in [1.82, 2.24) is 19.9 Å². The first-order valence-electron chi connectivity index (χ1n) is 9.83. The number of pyridine rings is 4. The molecule has 4 aromatic rings. The van der Waals surface area contributed by atoms with Crippen LogP contribution in [0.15, 0.2) is 72.8 Å². The molecule has 0 spiro atoms. The molecule has 10 heteroatoms. The third-order valence-electron chi connectivity index (χ3n) is 3.49. The maximum atomic E-state index is 8.70. The first-order valence-corrected chi connectivity index (χ1v) is 20.8. The van der Waals surface area contributed by atoms with Crippen LogP contribution in [0.25, 0.3) is 0 Å². The Labute approximate surface area is 218 Å². The van der Waals surface area contributed by atoms with E-state index in [4.69, 9.17) is 20.4 Å². The van der Waals surface area contributed by atoms with E-state index < -0.39 is 0 Å². The summed E-state index contributed by atoms with van der Waals surface area (Å²) in [6.45, 7) is 7.33. The van der Waals surface area contributed by atoms with Gasteiger partial charge in [-0.15, -0.1) is 0 Å². The van der Waals surface area contributed by atoms with Crippen molar-refractivity contribution in [2.75, 3.05) is 0 Å². The van der Waals surface area contributed by atoms with Crippen molar-refractivity contribution < 1.29 is 52.9 Å².